The molecule has 0 bridgehead atoms. The number of anilines is 5. The van der Waals surface area contributed by atoms with Crippen LogP contribution in [0.3, 0.4) is 0 Å². The molecule has 3 nitrogen and oxygen atoms in total. The molecule has 59 heavy (non-hydrogen) atoms. The zero-order chi connectivity index (χ0) is 39.5. The molecular weight excluding hydrogens is 717 g/mol. The summed E-state index contributed by atoms with van der Waals surface area (Å²) in [5, 5.41) is 2.17. The fraction of sp³-hybridized carbons (Fsp3) is 0.0357. The maximum atomic E-state index is 6.53. The number of rotatable bonds is 7. The van der Waals surface area contributed by atoms with Crippen molar-refractivity contribution in [3.8, 4) is 22.3 Å². The Morgan fingerprint density at radius 2 is 1.14 bits per heavy atom. The lowest BCUT2D eigenvalue weighted by atomic mass is 9.64. The third kappa shape index (κ3) is 5.21. The van der Waals surface area contributed by atoms with Crippen LogP contribution < -0.4 is 9.80 Å². The Kier molecular flexibility index (Phi) is 8.09. The van der Waals surface area contributed by atoms with E-state index >= 15 is 0 Å². The predicted octanol–water partition coefficient (Wildman–Crippen LogP) is 15.2. The Balaban J connectivity index is 1.13. The Hall–Kier alpha value is -7.62. The number of hydrogen-bond acceptors (Lipinski definition) is 3. The van der Waals surface area contributed by atoms with Crippen LogP contribution in [-0.4, -0.2) is 0 Å². The minimum absolute atomic E-state index is 0.523. The van der Waals surface area contributed by atoms with E-state index in [0.717, 1.165) is 55.9 Å². The molecule has 11 rings (SSSR count). The maximum Gasteiger partial charge on any atom is 0.135 e. The van der Waals surface area contributed by atoms with Crippen LogP contribution in [0.4, 0.5) is 28.4 Å². The molecule has 2 heterocycles. The molecular formula is C56H40N2O. The molecule has 1 spiro atoms. The Morgan fingerprint density at radius 3 is 1.86 bits per heavy atom. The third-order valence-electron chi connectivity index (χ3n) is 12.3. The van der Waals surface area contributed by atoms with Gasteiger partial charge in [-0.05, 0) is 130 Å². The summed E-state index contributed by atoms with van der Waals surface area (Å²) >= 11 is 0. The molecule has 0 radical (unpaired) electrons. The van der Waals surface area contributed by atoms with Crippen LogP contribution in [0.15, 0.2) is 235 Å². The summed E-state index contributed by atoms with van der Waals surface area (Å²) < 4.78 is 6.53. The van der Waals surface area contributed by atoms with Crippen LogP contribution in [0, 0.1) is 0 Å². The quantitative estimate of drug-likeness (QED) is 0.151. The molecule has 1 unspecified atom stereocenters. The lowest BCUT2D eigenvalue weighted by molar-refractivity contribution is 0.669. The van der Waals surface area contributed by atoms with Gasteiger partial charge in [0, 0.05) is 39.2 Å². The molecule has 8 aromatic carbocycles. The molecule has 1 atom stereocenters. The second kappa shape index (κ2) is 13.8. The van der Waals surface area contributed by atoms with Gasteiger partial charge in [-0.2, -0.15) is 0 Å². The normalized spacial score (nSPS) is 15.5. The molecule has 0 N–H and O–H groups in total. The topological polar surface area (TPSA) is 19.6 Å². The largest absolute Gasteiger partial charge is 0.456 e. The first kappa shape index (κ1) is 34.6. The van der Waals surface area contributed by atoms with Gasteiger partial charge in [0.1, 0.15) is 11.2 Å². The summed E-state index contributed by atoms with van der Waals surface area (Å²) in [5.74, 6) is 0. The summed E-state index contributed by atoms with van der Waals surface area (Å²) in [6, 6.07) is 69.9. The summed E-state index contributed by atoms with van der Waals surface area (Å²) in [6.45, 7) is 6.38. The minimum Gasteiger partial charge on any atom is -0.456 e. The molecule has 1 aliphatic heterocycles. The lowest BCUT2D eigenvalue weighted by Crippen LogP contribution is -2.37. The molecule has 0 saturated carbocycles. The van der Waals surface area contributed by atoms with Crippen molar-refractivity contribution in [2.45, 2.75) is 12.3 Å². The van der Waals surface area contributed by atoms with Crippen LogP contribution in [0.1, 0.15) is 23.6 Å². The smallest absolute Gasteiger partial charge is 0.135 e. The zero-order valence-corrected chi connectivity index (χ0v) is 32.7. The van der Waals surface area contributed by atoms with E-state index in [9.17, 15) is 0 Å². The van der Waals surface area contributed by atoms with E-state index in [1.165, 1.54) is 44.6 Å². The van der Waals surface area contributed by atoms with Crippen molar-refractivity contribution in [1.29, 1.82) is 0 Å². The highest BCUT2D eigenvalue weighted by atomic mass is 16.3. The Morgan fingerprint density at radius 1 is 0.542 bits per heavy atom. The molecule has 0 fully saturated rings. The second-order valence-electron chi connectivity index (χ2n) is 15.3. The van der Waals surface area contributed by atoms with Gasteiger partial charge in [0.05, 0.1) is 11.1 Å². The number of para-hydroxylation sites is 4. The van der Waals surface area contributed by atoms with Crippen molar-refractivity contribution >= 4 is 50.4 Å². The number of hydrogen-bond donors (Lipinski definition) is 0. The van der Waals surface area contributed by atoms with Crippen molar-refractivity contribution in [2.24, 2.45) is 0 Å². The van der Waals surface area contributed by atoms with Crippen LogP contribution in [0.5, 0.6) is 0 Å². The minimum atomic E-state index is -0.523. The number of allylic oxidation sites excluding steroid dienone is 4. The Labute approximate surface area is 344 Å². The molecule has 0 amide bonds. The maximum absolute atomic E-state index is 6.53. The van der Waals surface area contributed by atoms with Crippen molar-refractivity contribution < 1.29 is 4.42 Å². The van der Waals surface area contributed by atoms with Crippen LogP contribution >= 0.6 is 0 Å². The fourth-order valence-electron chi connectivity index (χ4n) is 9.83. The standard InChI is InChI=1S/C56H40N2O/c1-3-4-30-51-38(2)56(49-28-16-17-31-52(49)58(51)42-23-12-7-13-24-42)48-27-15-14-25-45(48)55-44(26-18-29-50(55)56)39-32-34-53-46(36-39)47-37-43(33-35-54(47)59-53)57(40-19-8-5-9-20-40)41-21-10-6-11-22-41/h3-37H,1H2,2H3/b30-4-. The van der Waals surface area contributed by atoms with E-state index in [2.05, 4.69) is 230 Å². The van der Waals surface area contributed by atoms with E-state index in [0.29, 0.717) is 0 Å². The molecule has 0 saturated heterocycles. The van der Waals surface area contributed by atoms with Gasteiger partial charge in [0.2, 0.25) is 0 Å². The second-order valence-corrected chi connectivity index (χ2v) is 15.3. The first-order chi connectivity index (χ1) is 29.2. The van der Waals surface area contributed by atoms with Gasteiger partial charge in [-0.1, -0.05) is 140 Å². The van der Waals surface area contributed by atoms with Gasteiger partial charge in [-0.15, -0.1) is 0 Å². The molecule has 9 aromatic rings. The highest BCUT2D eigenvalue weighted by Crippen LogP contribution is 2.63. The number of furan rings is 1. The van der Waals surface area contributed by atoms with E-state index < -0.39 is 5.41 Å². The average Bonchev–Trinajstić information content (AvgIpc) is 3.81. The van der Waals surface area contributed by atoms with Crippen molar-refractivity contribution in [3.63, 3.8) is 0 Å². The SMILES string of the molecule is C=C/C=C\C1=C(C)C2(c3ccccc3-c3c(-c4ccc5oc6ccc(N(c7ccccc7)c7ccccc7)cc6c5c4)cccc32)c2ccccc2N1c1ccccc1. The van der Waals surface area contributed by atoms with E-state index in [4.69, 9.17) is 4.42 Å². The lowest BCUT2D eigenvalue weighted by Gasteiger charge is -2.45. The average molecular weight is 757 g/mol. The zero-order valence-electron chi connectivity index (χ0n) is 32.7. The fourth-order valence-corrected chi connectivity index (χ4v) is 9.83. The number of fused-ring (bicyclic) bond motifs is 10. The van der Waals surface area contributed by atoms with Gasteiger partial charge in [-0.3, -0.25) is 0 Å². The Bertz CT molecular complexity index is 3100. The van der Waals surface area contributed by atoms with Crippen molar-refractivity contribution in [1.82, 2.24) is 0 Å². The molecule has 1 aliphatic carbocycles. The van der Waals surface area contributed by atoms with Crippen LogP contribution in [-0.2, 0) is 5.41 Å². The summed E-state index contributed by atoms with van der Waals surface area (Å²) in [6.07, 6.45) is 6.15. The molecule has 1 aromatic heterocycles. The van der Waals surface area contributed by atoms with Gasteiger partial charge >= 0.3 is 0 Å². The first-order valence-corrected chi connectivity index (χ1v) is 20.2. The van der Waals surface area contributed by atoms with E-state index in [-0.39, 0.29) is 0 Å². The van der Waals surface area contributed by atoms with Gasteiger partial charge in [-0.25, -0.2) is 0 Å². The molecule has 3 heteroatoms. The monoisotopic (exact) mass is 756 g/mol. The van der Waals surface area contributed by atoms with Crippen LogP contribution in [0.2, 0.25) is 0 Å². The number of nitrogens with zero attached hydrogens (tertiary/aromatic N) is 2. The van der Waals surface area contributed by atoms with E-state index in [1.807, 2.05) is 6.08 Å². The van der Waals surface area contributed by atoms with Gasteiger partial charge in [0.25, 0.3) is 0 Å². The highest BCUT2D eigenvalue weighted by Gasteiger charge is 2.51. The van der Waals surface area contributed by atoms with Crippen molar-refractivity contribution in [3.05, 3.63) is 247 Å². The highest BCUT2D eigenvalue weighted by molar-refractivity contribution is 6.09. The van der Waals surface area contributed by atoms with Gasteiger partial charge < -0.3 is 14.2 Å². The molecule has 280 valence electrons. The van der Waals surface area contributed by atoms with Crippen LogP contribution in [0.25, 0.3) is 44.2 Å². The summed E-state index contributed by atoms with van der Waals surface area (Å²) in [7, 11) is 0. The van der Waals surface area contributed by atoms with E-state index in [1.54, 1.807) is 0 Å². The van der Waals surface area contributed by atoms with Crippen molar-refractivity contribution in [2.75, 3.05) is 9.80 Å². The summed E-state index contributed by atoms with van der Waals surface area (Å²) in [4.78, 5) is 4.71. The number of benzene rings is 8. The predicted molar refractivity (Wildman–Crippen MR) is 246 cm³/mol. The third-order valence-corrected chi connectivity index (χ3v) is 12.3. The van der Waals surface area contributed by atoms with Gasteiger partial charge in [0.15, 0.2) is 0 Å². The first-order valence-electron chi connectivity index (χ1n) is 20.2. The summed E-state index contributed by atoms with van der Waals surface area (Å²) in [5.41, 5.74) is 17.9. The molecule has 2 aliphatic rings.